The summed E-state index contributed by atoms with van der Waals surface area (Å²) in [7, 11) is 1.57. The van der Waals surface area contributed by atoms with E-state index in [0.29, 0.717) is 5.75 Å². The van der Waals surface area contributed by atoms with Crippen LogP contribution in [-0.2, 0) is 0 Å². The van der Waals surface area contributed by atoms with E-state index < -0.39 is 0 Å². The normalized spacial score (nSPS) is 8.73. The van der Waals surface area contributed by atoms with E-state index >= 15 is 0 Å². The number of hydrogen-bond acceptors (Lipinski definition) is 4. The number of para-hydroxylation sites is 2. The predicted molar refractivity (Wildman–Crippen MR) is 56.4 cm³/mol. The first kappa shape index (κ1) is 10.9. The molecule has 0 amide bonds. The van der Waals surface area contributed by atoms with E-state index in [0.717, 1.165) is 5.69 Å². The van der Waals surface area contributed by atoms with Crippen molar-refractivity contribution in [3.8, 4) is 17.9 Å². The molecular weight excluding hydrogens is 190 g/mol. The van der Waals surface area contributed by atoms with Gasteiger partial charge in [-0.15, -0.1) is 0 Å². The molecule has 0 radical (unpaired) electrons. The first-order chi connectivity index (χ1) is 7.33. The van der Waals surface area contributed by atoms with Crippen LogP contribution in [0.3, 0.4) is 0 Å². The molecule has 0 heterocycles. The van der Waals surface area contributed by atoms with Gasteiger partial charge in [0.1, 0.15) is 18.8 Å². The molecule has 0 aromatic heterocycles. The summed E-state index contributed by atoms with van der Waals surface area (Å²) in [6, 6.07) is 11.4. The lowest BCUT2D eigenvalue weighted by Crippen LogP contribution is -2.24. The predicted octanol–water partition coefficient (Wildman–Crippen LogP) is 1.55. The average Bonchev–Trinajstić information content (AvgIpc) is 2.29. The van der Waals surface area contributed by atoms with E-state index in [1.54, 1.807) is 18.1 Å². The van der Waals surface area contributed by atoms with Crippen molar-refractivity contribution >= 4 is 5.69 Å². The van der Waals surface area contributed by atoms with Crippen molar-refractivity contribution in [1.82, 2.24) is 0 Å². The van der Waals surface area contributed by atoms with E-state index in [9.17, 15) is 0 Å². The maximum atomic E-state index is 8.65. The quantitative estimate of drug-likeness (QED) is 0.693. The van der Waals surface area contributed by atoms with Crippen LogP contribution >= 0.6 is 0 Å². The molecule has 0 fully saturated rings. The minimum atomic E-state index is 0.175. The second-order valence-electron chi connectivity index (χ2n) is 2.84. The Labute approximate surface area is 88.9 Å². The Morgan fingerprint density at radius 3 is 2.33 bits per heavy atom. The molecule has 0 saturated carbocycles. The van der Waals surface area contributed by atoms with Crippen LogP contribution in [0.15, 0.2) is 24.3 Å². The molecule has 0 N–H and O–H groups in total. The second kappa shape index (κ2) is 5.51. The minimum Gasteiger partial charge on any atom is -0.495 e. The van der Waals surface area contributed by atoms with Gasteiger partial charge in [0.05, 0.1) is 24.9 Å². The van der Waals surface area contributed by atoms with Gasteiger partial charge in [-0.1, -0.05) is 12.1 Å². The first-order valence-electron chi connectivity index (χ1n) is 4.45. The Bertz CT molecular complexity index is 387. The lowest BCUT2D eigenvalue weighted by Gasteiger charge is -2.20. The number of rotatable bonds is 4. The summed E-state index contributed by atoms with van der Waals surface area (Å²) < 4.78 is 5.16. The van der Waals surface area contributed by atoms with Gasteiger partial charge in [-0.3, -0.25) is 0 Å². The van der Waals surface area contributed by atoms with Crippen molar-refractivity contribution in [2.24, 2.45) is 0 Å². The highest BCUT2D eigenvalue weighted by atomic mass is 16.5. The summed E-state index contributed by atoms with van der Waals surface area (Å²) in [4.78, 5) is 1.67. The van der Waals surface area contributed by atoms with E-state index in [4.69, 9.17) is 15.3 Å². The van der Waals surface area contributed by atoms with Crippen LogP contribution in [0.1, 0.15) is 0 Å². The molecule has 1 aromatic rings. The van der Waals surface area contributed by atoms with Crippen molar-refractivity contribution in [3.05, 3.63) is 24.3 Å². The zero-order chi connectivity index (χ0) is 11.1. The van der Waals surface area contributed by atoms with Crippen LogP contribution in [0, 0.1) is 22.7 Å². The van der Waals surface area contributed by atoms with Crippen molar-refractivity contribution in [1.29, 1.82) is 10.5 Å². The molecule has 0 atom stereocenters. The van der Waals surface area contributed by atoms with Crippen LogP contribution in [0.2, 0.25) is 0 Å². The highest BCUT2D eigenvalue weighted by Gasteiger charge is 2.09. The Kier molecular flexibility index (Phi) is 4.00. The average molecular weight is 201 g/mol. The van der Waals surface area contributed by atoms with Crippen molar-refractivity contribution < 1.29 is 4.74 Å². The number of anilines is 1. The maximum Gasteiger partial charge on any atom is 0.142 e. The smallest absolute Gasteiger partial charge is 0.142 e. The Morgan fingerprint density at radius 2 is 1.80 bits per heavy atom. The third kappa shape index (κ3) is 2.62. The van der Waals surface area contributed by atoms with Gasteiger partial charge in [0.25, 0.3) is 0 Å². The molecule has 1 aromatic carbocycles. The number of ether oxygens (including phenoxy) is 1. The molecule has 0 bridgehead atoms. The van der Waals surface area contributed by atoms with Crippen molar-refractivity contribution in [2.45, 2.75) is 0 Å². The van der Waals surface area contributed by atoms with Gasteiger partial charge >= 0.3 is 0 Å². The van der Waals surface area contributed by atoms with Gasteiger partial charge in [-0.05, 0) is 12.1 Å². The van der Waals surface area contributed by atoms with Crippen molar-refractivity contribution in [3.63, 3.8) is 0 Å². The molecule has 76 valence electrons. The second-order valence-corrected chi connectivity index (χ2v) is 2.84. The zero-order valence-electron chi connectivity index (χ0n) is 8.47. The van der Waals surface area contributed by atoms with E-state index in [2.05, 4.69) is 0 Å². The van der Waals surface area contributed by atoms with Gasteiger partial charge in [-0.2, -0.15) is 10.5 Å². The standard InChI is InChI=1S/C11H11N3O/c1-15-11-5-3-2-4-10(11)14(8-6-12)9-7-13/h2-5H,8-9H2,1H3. The Hall–Kier alpha value is -2.20. The summed E-state index contributed by atoms with van der Waals surface area (Å²) in [5.41, 5.74) is 0.767. The number of hydrogen-bond donors (Lipinski definition) is 0. The summed E-state index contributed by atoms with van der Waals surface area (Å²) in [6.07, 6.45) is 0. The molecule has 0 unspecified atom stereocenters. The van der Waals surface area contributed by atoms with Gasteiger partial charge in [-0.25, -0.2) is 0 Å². The molecule has 0 aliphatic carbocycles. The molecule has 0 saturated heterocycles. The molecular formula is C11H11N3O. The Balaban J connectivity index is 3.00. The summed E-state index contributed by atoms with van der Waals surface area (Å²) in [5, 5.41) is 17.3. The molecule has 1 rings (SSSR count). The third-order valence-electron chi connectivity index (χ3n) is 1.95. The van der Waals surface area contributed by atoms with E-state index in [1.165, 1.54) is 0 Å². The maximum absolute atomic E-state index is 8.65. The lowest BCUT2D eigenvalue weighted by atomic mass is 10.2. The van der Waals surface area contributed by atoms with Gasteiger partial charge in [0.2, 0.25) is 0 Å². The van der Waals surface area contributed by atoms with Gasteiger partial charge < -0.3 is 9.64 Å². The highest BCUT2D eigenvalue weighted by Crippen LogP contribution is 2.26. The SMILES string of the molecule is COc1ccccc1N(CC#N)CC#N. The number of nitrogens with zero attached hydrogens (tertiary/aromatic N) is 3. The van der Waals surface area contributed by atoms with Crippen LogP contribution in [0.5, 0.6) is 5.75 Å². The largest absolute Gasteiger partial charge is 0.495 e. The molecule has 0 aliphatic heterocycles. The fourth-order valence-electron chi connectivity index (χ4n) is 1.29. The van der Waals surface area contributed by atoms with Crippen LogP contribution < -0.4 is 9.64 Å². The monoisotopic (exact) mass is 201 g/mol. The fraction of sp³-hybridized carbons (Fsp3) is 0.273. The molecule has 0 spiro atoms. The molecule has 4 nitrogen and oxygen atoms in total. The third-order valence-corrected chi connectivity index (χ3v) is 1.95. The number of methoxy groups -OCH3 is 1. The summed E-state index contributed by atoms with van der Waals surface area (Å²) >= 11 is 0. The first-order valence-corrected chi connectivity index (χ1v) is 4.45. The van der Waals surface area contributed by atoms with E-state index in [-0.39, 0.29) is 13.1 Å². The summed E-state index contributed by atoms with van der Waals surface area (Å²) in [6.45, 7) is 0.349. The van der Waals surface area contributed by atoms with Crippen LogP contribution in [-0.4, -0.2) is 20.2 Å². The highest BCUT2D eigenvalue weighted by molar-refractivity contribution is 5.59. The molecule has 4 heteroatoms. The van der Waals surface area contributed by atoms with Gasteiger partial charge in [0.15, 0.2) is 0 Å². The van der Waals surface area contributed by atoms with Crippen molar-refractivity contribution in [2.75, 3.05) is 25.1 Å². The number of benzene rings is 1. The lowest BCUT2D eigenvalue weighted by molar-refractivity contribution is 0.415. The Morgan fingerprint density at radius 1 is 1.20 bits per heavy atom. The summed E-state index contributed by atoms with van der Waals surface area (Å²) in [5.74, 6) is 0.669. The number of nitriles is 2. The van der Waals surface area contributed by atoms with Gasteiger partial charge in [0, 0.05) is 0 Å². The minimum absolute atomic E-state index is 0.175. The van der Waals surface area contributed by atoms with E-state index in [1.807, 2.05) is 30.3 Å². The molecule has 0 aliphatic rings. The fourth-order valence-corrected chi connectivity index (χ4v) is 1.29. The topological polar surface area (TPSA) is 60.0 Å². The van der Waals surface area contributed by atoms with Crippen LogP contribution in [0.4, 0.5) is 5.69 Å². The zero-order valence-corrected chi connectivity index (χ0v) is 8.47. The molecule has 15 heavy (non-hydrogen) atoms. The van der Waals surface area contributed by atoms with Crippen LogP contribution in [0.25, 0.3) is 0 Å².